The molecule has 0 aromatic heterocycles. The van der Waals surface area contributed by atoms with Crippen LogP contribution in [0.3, 0.4) is 0 Å². The van der Waals surface area contributed by atoms with E-state index in [2.05, 4.69) is 44.3 Å². The molecule has 1 aromatic carbocycles. The summed E-state index contributed by atoms with van der Waals surface area (Å²) in [6.45, 7) is 7.60. The molecule has 1 heterocycles. The van der Waals surface area contributed by atoms with Crippen molar-refractivity contribution in [3.8, 4) is 5.75 Å². The Bertz CT molecular complexity index is 389. The fraction of sp³-hybridized carbons (Fsp3) is 0.625. The van der Waals surface area contributed by atoms with Crippen LogP contribution in [0.1, 0.15) is 44.2 Å². The van der Waals surface area contributed by atoms with E-state index < -0.39 is 0 Å². The second-order valence-electron chi connectivity index (χ2n) is 5.36. The molecular formula is C16H25NO. The van der Waals surface area contributed by atoms with Gasteiger partial charge in [-0.1, -0.05) is 38.0 Å². The van der Waals surface area contributed by atoms with Gasteiger partial charge in [-0.3, -0.25) is 0 Å². The molecule has 2 unspecified atom stereocenters. The van der Waals surface area contributed by atoms with Crippen molar-refractivity contribution >= 4 is 0 Å². The summed E-state index contributed by atoms with van der Waals surface area (Å²) < 4.78 is 5.97. The molecule has 1 aliphatic heterocycles. The largest absolute Gasteiger partial charge is 0.488 e. The van der Waals surface area contributed by atoms with Gasteiger partial charge in [-0.2, -0.15) is 0 Å². The van der Waals surface area contributed by atoms with Crippen molar-refractivity contribution < 1.29 is 4.74 Å². The lowest BCUT2D eigenvalue weighted by Crippen LogP contribution is -2.37. The molecule has 2 nitrogen and oxygen atoms in total. The van der Waals surface area contributed by atoms with E-state index in [4.69, 9.17) is 4.74 Å². The molecule has 2 rings (SSSR count). The normalized spacial score (nSPS) is 19.4. The summed E-state index contributed by atoms with van der Waals surface area (Å²) in [5.74, 6) is 1.08. The van der Waals surface area contributed by atoms with E-state index >= 15 is 0 Å². The average molecular weight is 247 g/mol. The minimum Gasteiger partial charge on any atom is -0.488 e. The first-order valence-electron chi connectivity index (χ1n) is 7.22. The second kappa shape index (κ2) is 6.24. The first-order valence-corrected chi connectivity index (χ1v) is 7.22. The van der Waals surface area contributed by atoms with E-state index in [0.717, 1.165) is 18.7 Å². The fourth-order valence-corrected chi connectivity index (χ4v) is 2.66. The number of hydrogen-bond acceptors (Lipinski definition) is 2. The third kappa shape index (κ3) is 3.26. The van der Waals surface area contributed by atoms with Gasteiger partial charge >= 0.3 is 0 Å². The zero-order valence-corrected chi connectivity index (χ0v) is 11.8. The monoisotopic (exact) mass is 247 g/mol. The molecule has 0 saturated carbocycles. The molecule has 0 fully saturated rings. The van der Waals surface area contributed by atoms with Crippen molar-refractivity contribution in [2.24, 2.45) is 0 Å². The highest BCUT2D eigenvalue weighted by Gasteiger charge is 2.23. The second-order valence-corrected chi connectivity index (χ2v) is 5.36. The van der Waals surface area contributed by atoms with Crippen molar-refractivity contribution in [3.05, 3.63) is 29.3 Å². The Balaban J connectivity index is 1.84. The number of aryl methyl sites for hydroxylation is 1. The van der Waals surface area contributed by atoms with E-state index in [1.54, 1.807) is 0 Å². The molecule has 100 valence electrons. The summed E-state index contributed by atoms with van der Waals surface area (Å²) in [7, 11) is 0. The van der Waals surface area contributed by atoms with Crippen molar-refractivity contribution in [2.45, 2.75) is 58.6 Å². The Morgan fingerprint density at radius 3 is 2.94 bits per heavy atom. The number of benzene rings is 1. The van der Waals surface area contributed by atoms with Crippen LogP contribution in [-0.4, -0.2) is 18.7 Å². The van der Waals surface area contributed by atoms with Crippen LogP contribution >= 0.6 is 0 Å². The third-order valence-corrected chi connectivity index (χ3v) is 3.72. The van der Waals surface area contributed by atoms with Crippen molar-refractivity contribution in [3.63, 3.8) is 0 Å². The smallest absolute Gasteiger partial charge is 0.123 e. The standard InChI is InChI=1S/C16H25NO/c1-4-6-14(5-2)17-11-15-10-13-9-12(3)7-8-16(13)18-15/h7-9,14-15,17H,4-6,10-11H2,1-3H3. The maximum atomic E-state index is 5.97. The first kappa shape index (κ1) is 13.4. The predicted octanol–water partition coefficient (Wildman–Crippen LogP) is 3.47. The molecule has 1 aliphatic rings. The van der Waals surface area contributed by atoms with Crippen LogP contribution in [0.25, 0.3) is 0 Å². The number of fused-ring (bicyclic) bond motifs is 1. The number of hydrogen-bond donors (Lipinski definition) is 1. The first-order chi connectivity index (χ1) is 8.72. The summed E-state index contributed by atoms with van der Waals surface area (Å²) in [6.07, 6.45) is 5.07. The predicted molar refractivity (Wildman–Crippen MR) is 76.3 cm³/mol. The molecule has 0 radical (unpaired) electrons. The SMILES string of the molecule is CCCC(CC)NCC1Cc2cc(C)ccc2O1. The van der Waals surface area contributed by atoms with Gasteiger partial charge in [-0.25, -0.2) is 0 Å². The molecule has 0 spiro atoms. The highest BCUT2D eigenvalue weighted by molar-refractivity contribution is 5.40. The Labute approximate surface area is 111 Å². The molecule has 18 heavy (non-hydrogen) atoms. The summed E-state index contributed by atoms with van der Waals surface area (Å²) in [5.41, 5.74) is 2.69. The van der Waals surface area contributed by atoms with Gasteiger partial charge in [0.05, 0.1) is 0 Å². The van der Waals surface area contributed by atoms with Gasteiger partial charge < -0.3 is 10.1 Å². The van der Waals surface area contributed by atoms with Gasteiger partial charge in [-0.05, 0) is 31.4 Å². The van der Waals surface area contributed by atoms with Crippen LogP contribution in [0, 0.1) is 6.92 Å². The van der Waals surface area contributed by atoms with E-state index in [9.17, 15) is 0 Å². The van der Waals surface area contributed by atoms with Crippen molar-refractivity contribution in [2.75, 3.05) is 6.54 Å². The van der Waals surface area contributed by atoms with Gasteiger partial charge in [0.25, 0.3) is 0 Å². The number of nitrogens with one attached hydrogen (secondary N) is 1. The highest BCUT2D eigenvalue weighted by Crippen LogP contribution is 2.29. The Morgan fingerprint density at radius 1 is 1.39 bits per heavy atom. The molecular weight excluding hydrogens is 222 g/mol. The Kier molecular flexibility index (Phi) is 4.65. The molecule has 0 aliphatic carbocycles. The average Bonchev–Trinajstić information content (AvgIpc) is 2.76. The third-order valence-electron chi connectivity index (χ3n) is 3.72. The van der Waals surface area contributed by atoms with Gasteiger partial charge in [0.2, 0.25) is 0 Å². The lowest BCUT2D eigenvalue weighted by atomic mass is 10.1. The zero-order valence-electron chi connectivity index (χ0n) is 11.8. The molecule has 2 atom stereocenters. The molecule has 0 saturated heterocycles. The van der Waals surface area contributed by atoms with Crippen LogP contribution in [0.2, 0.25) is 0 Å². The zero-order chi connectivity index (χ0) is 13.0. The van der Waals surface area contributed by atoms with Gasteiger partial charge in [0.15, 0.2) is 0 Å². The van der Waals surface area contributed by atoms with Gasteiger partial charge in [-0.15, -0.1) is 0 Å². The maximum Gasteiger partial charge on any atom is 0.123 e. The van der Waals surface area contributed by atoms with Crippen LogP contribution in [0.5, 0.6) is 5.75 Å². The lowest BCUT2D eigenvalue weighted by Gasteiger charge is -2.19. The Morgan fingerprint density at radius 2 is 2.22 bits per heavy atom. The van der Waals surface area contributed by atoms with Crippen LogP contribution in [0.4, 0.5) is 0 Å². The molecule has 0 amide bonds. The molecule has 1 aromatic rings. The summed E-state index contributed by atoms with van der Waals surface area (Å²) >= 11 is 0. The minimum absolute atomic E-state index is 0.313. The molecule has 2 heteroatoms. The topological polar surface area (TPSA) is 21.3 Å². The number of ether oxygens (including phenoxy) is 1. The van der Waals surface area contributed by atoms with E-state index in [0.29, 0.717) is 12.1 Å². The lowest BCUT2D eigenvalue weighted by molar-refractivity contribution is 0.219. The summed E-state index contributed by atoms with van der Waals surface area (Å²) in [4.78, 5) is 0. The van der Waals surface area contributed by atoms with Crippen LogP contribution in [0.15, 0.2) is 18.2 Å². The van der Waals surface area contributed by atoms with Gasteiger partial charge in [0, 0.05) is 19.0 Å². The van der Waals surface area contributed by atoms with Crippen LogP contribution < -0.4 is 10.1 Å². The van der Waals surface area contributed by atoms with Gasteiger partial charge in [0.1, 0.15) is 11.9 Å². The minimum atomic E-state index is 0.313. The van der Waals surface area contributed by atoms with Crippen molar-refractivity contribution in [1.29, 1.82) is 0 Å². The van der Waals surface area contributed by atoms with E-state index in [1.807, 2.05) is 0 Å². The quantitative estimate of drug-likeness (QED) is 0.831. The maximum absolute atomic E-state index is 5.97. The molecule has 0 bridgehead atoms. The van der Waals surface area contributed by atoms with Crippen molar-refractivity contribution in [1.82, 2.24) is 5.32 Å². The Hall–Kier alpha value is -1.02. The van der Waals surface area contributed by atoms with E-state index in [-0.39, 0.29) is 0 Å². The molecule has 1 N–H and O–H groups in total. The van der Waals surface area contributed by atoms with E-state index in [1.165, 1.54) is 30.4 Å². The summed E-state index contributed by atoms with van der Waals surface area (Å²) in [6, 6.07) is 7.12. The fourth-order valence-electron chi connectivity index (χ4n) is 2.66. The summed E-state index contributed by atoms with van der Waals surface area (Å²) in [5, 5.41) is 3.64. The highest BCUT2D eigenvalue weighted by atomic mass is 16.5. The van der Waals surface area contributed by atoms with Crippen LogP contribution in [-0.2, 0) is 6.42 Å². The number of rotatable bonds is 6.